The van der Waals surface area contributed by atoms with Gasteiger partial charge in [-0.25, -0.2) is 0 Å². The Kier molecular flexibility index (Phi) is 3.08. The van der Waals surface area contributed by atoms with Crippen molar-refractivity contribution < 1.29 is 14.5 Å². The first kappa shape index (κ1) is 11.6. The van der Waals surface area contributed by atoms with Crippen LogP contribution in [0.3, 0.4) is 0 Å². The Labute approximate surface area is 98.5 Å². The summed E-state index contributed by atoms with van der Waals surface area (Å²) >= 11 is 0. The molecule has 0 unspecified atom stereocenters. The maximum atomic E-state index is 11.4. The van der Waals surface area contributed by atoms with Gasteiger partial charge < -0.3 is 4.74 Å². The molecule has 1 fully saturated rings. The minimum absolute atomic E-state index is 0.0714. The third-order valence-electron chi connectivity index (χ3n) is 2.91. The number of hydrogen-bond acceptors (Lipinski definition) is 4. The summed E-state index contributed by atoms with van der Waals surface area (Å²) in [5.41, 5.74) is 1.04. The van der Waals surface area contributed by atoms with Crippen molar-refractivity contribution in [2.45, 2.75) is 19.3 Å². The Morgan fingerprint density at radius 1 is 1.47 bits per heavy atom. The molecule has 0 bridgehead atoms. The molecule has 1 aliphatic carbocycles. The Bertz CT molecular complexity index is 440. The second-order valence-electron chi connectivity index (χ2n) is 4.05. The van der Waals surface area contributed by atoms with Crippen molar-refractivity contribution in [3.63, 3.8) is 0 Å². The molecule has 0 saturated heterocycles. The standard InChI is InChI=1S/C12H13NO4/c1-2-17-12(14)11-7-10(11)8-3-5-9(6-4-8)13(15)16/h3-6,10-11H,2,7H2,1H3/t10-,11-/m0/s1. The fourth-order valence-corrected chi connectivity index (χ4v) is 1.92. The van der Waals surface area contributed by atoms with E-state index in [1.165, 1.54) is 12.1 Å². The van der Waals surface area contributed by atoms with Crippen LogP contribution >= 0.6 is 0 Å². The zero-order valence-corrected chi connectivity index (χ0v) is 9.46. The van der Waals surface area contributed by atoms with Crippen LogP contribution in [-0.2, 0) is 9.53 Å². The molecule has 0 aromatic heterocycles. The quantitative estimate of drug-likeness (QED) is 0.456. The molecule has 0 radical (unpaired) electrons. The smallest absolute Gasteiger partial charge is 0.309 e. The minimum Gasteiger partial charge on any atom is -0.466 e. The highest BCUT2D eigenvalue weighted by Crippen LogP contribution is 2.48. The molecule has 0 heterocycles. The number of benzene rings is 1. The van der Waals surface area contributed by atoms with Gasteiger partial charge in [0.1, 0.15) is 0 Å². The van der Waals surface area contributed by atoms with E-state index in [9.17, 15) is 14.9 Å². The molecule has 0 amide bonds. The van der Waals surface area contributed by atoms with Crippen LogP contribution in [0.4, 0.5) is 5.69 Å². The average Bonchev–Trinajstić information content (AvgIpc) is 3.09. The van der Waals surface area contributed by atoms with E-state index in [0.29, 0.717) is 6.61 Å². The van der Waals surface area contributed by atoms with E-state index in [1.54, 1.807) is 19.1 Å². The number of nitrogens with zero attached hydrogens (tertiary/aromatic N) is 1. The molecule has 0 spiro atoms. The molecular weight excluding hydrogens is 222 g/mol. The first-order chi connectivity index (χ1) is 8.13. The summed E-state index contributed by atoms with van der Waals surface area (Å²) < 4.78 is 4.93. The van der Waals surface area contributed by atoms with Crippen LogP contribution in [0, 0.1) is 16.0 Å². The van der Waals surface area contributed by atoms with E-state index in [2.05, 4.69) is 0 Å². The summed E-state index contributed by atoms with van der Waals surface area (Å²) in [6, 6.07) is 6.36. The van der Waals surface area contributed by atoms with Crippen LogP contribution in [0.1, 0.15) is 24.8 Å². The molecule has 1 aromatic carbocycles. The van der Waals surface area contributed by atoms with Crippen molar-refractivity contribution in [1.29, 1.82) is 0 Å². The monoisotopic (exact) mass is 235 g/mol. The summed E-state index contributed by atoms with van der Waals surface area (Å²) in [5.74, 6) is -0.0814. The number of esters is 1. The number of rotatable bonds is 4. The molecule has 2 atom stereocenters. The van der Waals surface area contributed by atoms with Crippen LogP contribution < -0.4 is 0 Å². The van der Waals surface area contributed by atoms with Crippen molar-refractivity contribution >= 4 is 11.7 Å². The third kappa shape index (κ3) is 2.43. The average molecular weight is 235 g/mol. The molecule has 0 N–H and O–H groups in total. The van der Waals surface area contributed by atoms with Gasteiger partial charge in [-0.05, 0) is 24.8 Å². The molecule has 90 valence electrons. The fraction of sp³-hybridized carbons (Fsp3) is 0.417. The van der Waals surface area contributed by atoms with Gasteiger partial charge in [0, 0.05) is 12.1 Å². The summed E-state index contributed by atoms with van der Waals surface area (Å²) in [5, 5.41) is 10.5. The van der Waals surface area contributed by atoms with Gasteiger partial charge in [-0.3, -0.25) is 14.9 Å². The third-order valence-corrected chi connectivity index (χ3v) is 2.91. The Hall–Kier alpha value is -1.91. The minimum atomic E-state index is -0.431. The van der Waals surface area contributed by atoms with Gasteiger partial charge in [0.05, 0.1) is 17.4 Å². The zero-order valence-electron chi connectivity index (χ0n) is 9.46. The van der Waals surface area contributed by atoms with Gasteiger partial charge in [0.15, 0.2) is 0 Å². The van der Waals surface area contributed by atoms with Crippen LogP contribution in [0.5, 0.6) is 0 Å². The predicted molar refractivity (Wildman–Crippen MR) is 60.6 cm³/mol. The van der Waals surface area contributed by atoms with Gasteiger partial charge in [-0.1, -0.05) is 12.1 Å². The normalized spacial score (nSPS) is 21.9. The SMILES string of the molecule is CCOC(=O)[C@H]1C[C@H]1c1ccc([N+](=O)[O-])cc1. The second-order valence-corrected chi connectivity index (χ2v) is 4.05. The van der Waals surface area contributed by atoms with Crippen molar-refractivity contribution in [3.8, 4) is 0 Å². The maximum absolute atomic E-state index is 11.4. The van der Waals surface area contributed by atoms with E-state index in [4.69, 9.17) is 4.74 Å². The van der Waals surface area contributed by atoms with Gasteiger partial charge >= 0.3 is 5.97 Å². The topological polar surface area (TPSA) is 69.4 Å². The second kappa shape index (κ2) is 4.53. The first-order valence-corrected chi connectivity index (χ1v) is 5.54. The first-order valence-electron chi connectivity index (χ1n) is 5.54. The van der Waals surface area contributed by atoms with Crippen LogP contribution in [0.15, 0.2) is 24.3 Å². The highest BCUT2D eigenvalue weighted by molar-refractivity contribution is 5.77. The van der Waals surface area contributed by atoms with Gasteiger partial charge in [-0.2, -0.15) is 0 Å². The van der Waals surface area contributed by atoms with E-state index < -0.39 is 4.92 Å². The molecule has 1 aliphatic rings. The van der Waals surface area contributed by atoms with Crippen LogP contribution in [0.2, 0.25) is 0 Å². The summed E-state index contributed by atoms with van der Waals surface area (Å²) in [4.78, 5) is 21.5. The number of ether oxygens (including phenoxy) is 1. The Morgan fingerprint density at radius 3 is 2.65 bits per heavy atom. The summed E-state index contributed by atoms with van der Waals surface area (Å²) in [6.07, 6.45) is 0.774. The van der Waals surface area contributed by atoms with Crippen LogP contribution in [0.25, 0.3) is 0 Å². The molecule has 1 saturated carbocycles. The lowest BCUT2D eigenvalue weighted by molar-refractivity contribution is -0.384. The lowest BCUT2D eigenvalue weighted by atomic mass is 10.1. The van der Waals surface area contributed by atoms with E-state index in [1.807, 2.05) is 0 Å². The molecule has 5 nitrogen and oxygen atoms in total. The highest BCUT2D eigenvalue weighted by atomic mass is 16.6. The molecule has 17 heavy (non-hydrogen) atoms. The number of non-ortho nitro benzene ring substituents is 1. The summed E-state index contributed by atoms with van der Waals surface area (Å²) in [7, 11) is 0. The van der Waals surface area contributed by atoms with Gasteiger partial charge in [0.25, 0.3) is 5.69 Å². The molecular formula is C12H13NO4. The number of hydrogen-bond donors (Lipinski definition) is 0. The van der Waals surface area contributed by atoms with E-state index >= 15 is 0 Å². The zero-order chi connectivity index (χ0) is 12.4. The maximum Gasteiger partial charge on any atom is 0.309 e. The number of nitro benzene ring substituents is 1. The largest absolute Gasteiger partial charge is 0.466 e. The van der Waals surface area contributed by atoms with E-state index in [-0.39, 0.29) is 23.5 Å². The van der Waals surface area contributed by atoms with Crippen molar-refractivity contribution in [3.05, 3.63) is 39.9 Å². The molecule has 2 rings (SSSR count). The Morgan fingerprint density at radius 2 is 2.12 bits per heavy atom. The van der Waals surface area contributed by atoms with Gasteiger partial charge in [0.2, 0.25) is 0 Å². The molecule has 1 aromatic rings. The van der Waals surface area contributed by atoms with Crippen molar-refractivity contribution in [2.24, 2.45) is 5.92 Å². The lowest BCUT2D eigenvalue weighted by Crippen LogP contribution is -2.07. The fourth-order valence-electron chi connectivity index (χ4n) is 1.92. The highest BCUT2D eigenvalue weighted by Gasteiger charge is 2.45. The number of carbonyl (C=O) groups is 1. The van der Waals surface area contributed by atoms with Crippen molar-refractivity contribution in [1.82, 2.24) is 0 Å². The lowest BCUT2D eigenvalue weighted by Gasteiger charge is -2.01. The molecule has 0 aliphatic heterocycles. The van der Waals surface area contributed by atoms with Crippen LogP contribution in [-0.4, -0.2) is 17.5 Å². The number of carbonyl (C=O) groups excluding carboxylic acids is 1. The van der Waals surface area contributed by atoms with Gasteiger partial charge in [-0.15, -0.1) is 0 Å². The predicted octanol–water partition coefficient (Wildman–Crippen LogP) is 2.26. The van der Waals surface area contributed by atoms with E-state index in [0.717, 1.165) is 12.0 Å². The summed E-state index contributed by atoms with van der Waals surface area (Å²) in [6.45, 7) is 2.17. The van der Waals surface area contributed by atoms with Crippen molar-refractivity contribution in [2.75, 3.05) is 6.61 Å². The number of nitro groups is 1. The molecule has 5 heteroatoms. The Balaban J connectivity index is 2.01.